The van der Waals surface area contributed by atoms with Gasteiger partial charge in [0.15, 0.2) is 0 Å². The van der Waals surface area contributed by atoms with Crippen molar-refractivity contribution in [3.63, 3.8) is 0 Å². The van der Waals surface area contributed by atoms with E-state index in [9.17, 15) is 4.79 Å². The SMILES string of the molecule is CC(=O)NC1CCN(CCCOc2ccccc2CN)C1. The van der Waals surface area contributed by atoms with Crippen LogP contribution < -0.4 is 15.8 Å². The smallest absolute Gasteiger partial charge is 0.217 e. The summed E-state index contributed by atoms with van der Waals surface area (Å²) in [6, 6.07) is 8.20. The summed E-state index contributed by atoms with van der Waals surface area (Å²) in [6.45, 7) is 5.76. The Hall–Kier alpha value is -1.59. The third-order valence-corrected chi connectivity index (χ3v) is 3.75. The van der Waals surface area contributed by atoms with E-state index in [-0.39, 0.29) is 5.91 Å². The normalized spacial score (nSPS) is 18.7. The second kappa shape index (κ2) is 8.00. The molecule has 0 saturated carbocycles. The molecule has 5 heteroatoms. The van der Waals surface area contributed by atoms with Crippen molar-refractivity contribution in [2.75, 3.05) is 26.2 Å². The molecular formula is C16H25N3O2. The van der Waals surface area contributed by atoms with Gasteiger partial charge in [0, 0.05) is 44.7 Å². The number of nitrogens with zero attached hydrogens (tertiary/aromatic N) is 1. The zero-order valence-corrected chi connectivity index (χ0v) is 12.7. The van der Waals surface area contributed by atoms with Crippen LogP contribution in [0.3, 0.4) is 0 Å². The average Bonchev–Trinajstić information content (AvgIpc) is 2.90. The third kappa shape index (κ3) is 5.02. The molecule has 2 rings (SSSR count). The van der Waals surface area contributed by atoms with Crippen molar-refractivity contribution < 1.29 is 9.53 Å². The van der Waals surface area contributed by atoms with Gasteiger partial charge in [-0.05, 0) is 18.9 Å². The molecule has 0 aliphatic carbocycles. The Kier molecular flexibility index (Phi) is 6.02. The van der Waals surface area contributed by atoms with Crippen LogP contribution in [0.1, 0.15) is 25.3 Å². The van der Waals surface area contributed by atoms with Crippen LogP contribution in [0.5, 0.6) is 5.75 Å². The molecule has 21 heavy (non-hydrogen) atoms. The van der Waals surface area contributed by atoms with Gasteiger partial charge in [0.25, 0.3) is 0 Å². The molecule has 1 saturated heterocycles. The lowest BCUT2D eigenvalue weighted by Crippen LogP contribution is -2.35. The maximum atomic E-state index is 11.0. The van der Waals surface area contributed by atoms with Crippen molar-refractivity contribution in [3.05, 3.63) is 29.8 Å². The molecule has 1 aliphatic heterocycles. The molecular weight excluding hydrogens is 266 g/mol. The van der Waals surface area contributed by atoms with Gasteiger partial charge in [0.05, 0.1) is 6.61 Å². The summed E-state index contributed by atoms with van der Waals surface area (Å²) in [4.78, 5) is 13.4. The number of hydrogen-bond acceptors (Lipinski definition) is 4. The summed E-state index contributed by atoms with van der Waals surface area (Å²) in [5, 5.41) is 2.98. The lowest BCUT2D eigenvalue weighted by atomic mass is 10.2. The number of likely N-dealkylation sites (tertiary alicyclic amines) is 1. The first-order valence-electron chi connectivity index (χ1n) is 7.59. The highest BCUT2D eigenvalue weighted by atomic mass is 16.5. The maximum absolute atomic E-state index is 11.0. The molecule has 1 aromatic rings. The Balaban J connectivity index is 1.65. The van der Waals surface area contributed by atoms with Crippen molar-refractivity contribution in [2.45, 2.75) is 32.4 Å². The molecule has 1 heterocycles. The van der Waals surface area contributed by atoms with E-state index in [4.69, 9.17) is 10.5 Å². The zero-order valence-electron chi connectivity index (χ0n) is 12.7. The summed E-state index contributed by atoms with van der Waals surface area (Å²) < 4.78 is 5.80. The minimum absolute atomic E-state index is 0.0589. The van der Waals surface area contributed by atoms with Gasteiger partial charge in [-0.3, -0.25) is 4.79 Å². The first kappa shape index (κ1) is 15.8. The second-order valence-corrected chi connectivity index (χ2v) is 5.50. The maximum Gasteiger partial charge on any atom is 0.217 e. The van der Waals surface area contributed by atoms with Crippen LogP contribution in [0.15, 0.2) is 24.3 Å². The van der Waals surface area contributed by atoms with Crippen molar-refractivity contribution in [1.29, 1.82) is 0 Å². The molecule has 3 N–H and O–H groups in total. The number of carbonyl (C=O) groups is 1. The lowest BCUT2D eigenvalue weighted by Gasteiger charge is -2.17. The summed E-state index contributed by atoms with van der Waals surface area (Å²) in [6.07, 6.45) is 2.02. The van der Waals surface area contributed by atoms with Gasteiger partial charge in [-0.15, -0.1) is 0 Å². The Morgan fingerprint density at radius 1 is 1.48 bits per heavy atom. The number of carbonyl (C=O) groups excluding carboxylic acids is 1. The van der Waals surface area contributed by atoms with Gasteiger partial charge in [-0.1, -0.05) is 18.2 Å². The molecule has 1 aromatic carbocycles. The topological polar surface area (TPSA) is 67.6 Å². The van der Waals surface area contributed by atoms with Crippen molar-refractivity contribution in [3.8, 4) is 5.75 Å². The number of hydrogen-bond donors (Lipinski definition) is 2. The summed E-state index contributed by atoms with van der Waals surface area (Å²) >= 11 is 0. The molecule has 0 aromatic heterocycles. The third-order valence-electron chi connectivity index (χ3n) is 3.75. The molecule has 1 aliphatic rings. The monoisotopic (exact) mass is 291 g/mol. The van der Waals surface area contributed by atoms with E-state index in [1.165, 1.54) is 0 Å². The fourth-order valence-corrected chi connectivity index (χ4v) is 2.72. The lowest BCUT2D eigenvalue weighted by molar-refractivity contribution is -0.119. The van der Waals surface area contributed by atoms with E-state index >= 15 is 0 Å². The number of para-hydroxylation sites is 1. The molecule has 1 unspecified atom stereocenters. The van der Waals surface area contributed by atoms with Crippen molar-refractivity contribution >= 4 is 5.91 Å². The summed E-state index contributed by atoms with van der Waals surface area (Å²) in [5.41, 5.74) is 6.73. The fourth-order valence-electron chi connectivity index (χ4n) is 2.72. The highest BCUT2D eigenvalue weighted by Crippen LogP contribution is 2.17. The molecule has 116 valence electrons. The molecule has 1 atom stereocenters. The van der Waals surface area contributed by atoms with Crippen LogP contribution in [-0.2, 0) is 11.3 Å². The molecule has 0 spiro atoms. The van der Waals surface area contributed by atoms with Crippen LogP contribution in [-0.4, -0.2) is 43.1 Å². The predicted molar refractivity (Wildman–Crippen MR) is 83.1 cm³/mol. The quantitative estimate of drug-likeness (QED) is 0.739. The molecule has 1 fully saturated rings. The Morgan fingerprint density at radius 2 is 2.29 bits per heavy atom. The number of benzene rings is 1. The first-order chi connectivity index (χ1) is 10.2. The number of ether oxygens (including phenoxy) is 1. The minimum Gasteiger partial charge on any atom is -0.493 e. The summed E-state index contributed by atoms with van der Waals surface area (Å²) in [7, 11) is 0. The van der Waals surface area contributed by atoms with Crippen LogP contribution >= 0.6 is 0 Å². The number of nitrogens with two attached hydrogens (primary N) is 1. The predicted octanol–water partition coefficient (Wildman–Crippen LogP) is 1.12. The molecule has 0 radical (unpaired) electrons. The van der Waals surface area contributed by atoms with Gasteiger partial charge in [-0.25, -0.2) is 0 Å². The van der Waals surface area contributed by atoms with Crippen LogP contribution in [0.4, 0.5) is 0 Å². The Morgan fingerprint density at radius 3 is 3.05 bits per heavy atom. The number of rotatable bonds is 7. The fraction of sp³-hybridized carbons (Fsp3) is 0.562. The van der Waals surface area contributed by atoms with Gasteiger partial charge >= 0.3 is 0 Å². The Bertz CT molecular complexity index is 465. The van der Waals surface area contributed by atoms with E-state index in [0.29, 0.717) is 19.2 Å². The van der Waals surface area contributed by atoms with Gasteiger partial charge < -0.3 is 20.7 Å². The van der Waals surface area contributed by atoms with Gasteiger partial charge in [0.1, 0.15) is 5.75 Å². The highest BCUT2D eigenvalue weighted by molar-refractivity contribution is 5.73. The number of amides is 1. The van der Waals surface area contributed by atoms with E-state index in [1.807, 2.05) is 24.3 Å². The average molecular weight is 291 g/mol. The van der Waals surface area contributed by atoms with Gasteiger partial charge in [0.2, 0.25) is 5.91 Å². The standard InChI is InChI=1S/C16H25N3O2/c1-13(20)18-15-7-9-19(12-15)8-4-10-21-16-6-3-2-5-14(16)11-17/h2-3,5-6,15H,4,7-12,17H2,1H3,(H,18,20). The van der Waals surface area contributed by atoms with E-state index in [2.05, 4.69) is 10.2 Å². The summed E-state index contributed by atoms with van der Waals surface area (Å²) in [5.74, 6) is 0.945. The van der Waals surface area contributed by atoms with Crippen LogP contribution in [0.2, 0.25) is 0 Å². The highest BCUT2D eigenvalue weighted by Gasteiger charge is 2.22. The Labute approximate surface area is 126 Å². The second-order valence-electron chi connectivity index (χ2n) is 5.50. The molecule has 5 nitrogen and oxygen atoms in total. The van der Waals surface area contributed by atoms with Gasteiger partial charge in [-0.2, -0.15) is 0 Å². The van der Waals surface area contributed by atoms with Crippen molar-refractivity contribution in [1.82, 2.24) is 10.2 Å². The largest absolute Gasteiger partial charge is 0.493 e. The first-order valence-corrected chi connectivity index (χ1v) is 7.59. The minimum atomic E-state index is 0.0589. The molecule has 1 amide bonds. The zero-order chi connectivity index (χ0) is 15.1. The van der Waals surface area contributed by atoms with Crippen molar-refractivity contribution in [2.24, 2.45) is 5.73 Å². The number of nitrogens with one attached hydrogen (secondary N) is 1. The molecule has 0 bridgehead atoms. The van der Waals surface area contributed by atoms with Crippen LogP contribution in [0.25, 0.3) is 0 Å². The van der Waals surface area contributed by atoms with E-state index < -0.39 is 0 Å². The van der Waals surface area contributed by atoms with E-state index in [1.54, 1.807) is 6.92 Å². The van der Waals surface area contributed by atoms with Crippen LogP contribution in [0, 0.1) is 0 Å². The van der Waals surface area contributed by atoms with E-state index in [0.717, 1.165) is 43.8 Å².